The number of allylic oxidation sites excluding steroid dienone is 3. The molecule has 3 heteroatoms. The summed E-state index contributed by atoms with van der Waals surface area (Å²) in [5.41, 5.74) is 9.06. The molecule has 3 aliphatic rings. The van der Waals surface area contributed by atoms with Gasteiger partial charge in [0.1, 0.15) is 0 Å². The standard InChI is InChI=1S/C30H31N2P/c1-2-8-22-13-14-23-10-6-7-11-26(23)28(22)21-31-19-20-32(33-31)29-18-17-25-16-15-24-9-4-3-5-12-27(24)30(25)29/h3-7,10-16,19-20,29,33H,2,8-9,17-18,21H2,1H3. The SMILES string of the molecule is CCCc1ccc2ccccc2c1CN1C=CN(C2CCc3ccc4c(c32)C=CC=CC4)P1. The van der Waals surface area contributed by atoms with E-state index in [-0.39, 0.29) is 0 Å². The Hall–Kier alpha value is -2.83. The van der Waals surface area contributed by atoms with E-state index in [1.54, 1.807) is 11.1 Å². The van der Waals surface area contributed by atoms with Crippen LogP contribution in [-0.4, -0.2) is 9.34 Å². The lowest BCUT2D eigenvalue weighted by molar-refractivity contribution is 0.446. The van der Waals surface area contributed by atoms with Crippen molar-refractivity contribution in [2.45, 2.75) is 51.6 Å². The second-order valence-corrected chi connectivity index (χ2v) is 10.7. The van der Waals surface area contributed by atoms with Crippen molar-refractivity contribution in [1.82, 2.24) is 9.34 Å². The molecule has 2 aliphatic carbocycles. The van der Waals surface area contributed by atoms with E-state index in [1.165, 1.54) is 52.3 Å². The summed E-state index contributed by atoms with van der Waals surface area (Å²) in [6, 6.07) is 18.7. The van der Waals surface area contributed by atoms with E-state index in [4.69, 9.17) is 0 Å². The maximum atomic E-state index is 2.60. The monoisotopic (exact) mass is 450 g/mol. The molecule has 0 amide bonds. The minimum absolute atomic E-state index is 0.486. The van der Waals surface area contributed by atoms with Gasteiger partial charge in [0.05, 0.1) is 14.9 Å². The van der Waals surface area contributed by atoms with Crippen molar-refractivity contribution >= 4 is 25.7 Å². The Balaban J connectivity index is 1.27. The summed E-state index contributed by atoms with van der Waals surface area (Å²) >= 11 is 0. The maximum Gasteiger partial charge on any atom is 0.0798 e. The quantitative estimate of drug-likeness (QED) is 0.368. The van der Waals surface area contributed by atoms with Crippen molar-refractivity contribution < 1.29 is 0 Å². The second kappa shape index (κ2) is 8.84. The molecule has 0 bridgehead atoms. The number of hydrogen-bond donors (Lipinski definition) is 0. The van der Waals surface area contributed by atoms with Crippen LogP contribution in [0, 0.1) is 0 Å². The van der Waals surface area contributed by atoms with Gasteiger partial charge in [0, 0.05) is 18.9 Å². The van der Waals surface area contributed by atoms with Gasteiger partial charge in [-0.25, -0.2) is 0 Å². The van der Waals surface area contributed by atoms with Crippen LogP contribution in [0.15, 0.2) is 79.2 Å². The summed E-state index contributed by atoms with van der Waals surface area (Å²) in [5, 5.41) is 2.76. The van der Waals surface area contributed by atoms with Crippen molar-refractivity contribution in [3.8, 4) is 0 Å². The summed E-state index contributed by atoms with van der Waals surface area (Å²) in [6.07, 6.45) is 19.5. The molecule has 1 heterocycles. The zero-order valence-electron chi connectivity index (χ0n) is 19.3. The molecule has 0 N–H and O–H groups in total. The molecule has 0 radical (unpaired) electrons. The summed E-state index contributed by atoms with van der Waals surface area (Å²) in [7, 11) is 0.659. The zero-order chi connectivity index (χ0) is 22.2. The minimum Gasteiger partial charge on any atom is -0.337 e. The van der Waals surface area contributed by atoms with Gasteiger partial charge in [0.2, 0.25) is 0 Å². The molecule has 0 fully saturated rings. The van der Waals surface area contributed by atoms with E-state index >= 15 is 0 Å². The lowest BCUT2D eigenvalue weighted by Gasteiger charge is -2.29. The van der Waals surface area contributed by atoms with Gasteiger partial charge in [-0.1, -0.05) is 86.2 Å². The van der Waals surface area contributed by atoms with Crippen LogP contribution in [-0.2, 0) is 25.8 Å². The van der Waals surface area contributed by atoms with Gasteiger partial charge in [0.15, 0.2) is 0 Å². The predicted octanol–water partition coefficient (Wildman–Crippen LogP) is 7.70. The van der Waals surface area contributed by atoms with Gasteiger partial charge in [0.25, 0.3) is 0 Å². The fourth-order valence-corrected chi connectivity index (χ4v) is 6.91. The normalized spacial score (nSPS) is 19.5. The van der Waals surface area contributed by atoms with Crippen LogP contribution in [0.4, 0.5) is 0 Å². The molecule has 0 saturated heterocycles. The highest BCUT2D eigenvalue weighted by molar-refractivity contribution is 7.33. The molecule has 0 spiro atoms. The highest BCUT2D eigenvalue weighted by Crippen LogP contribution is 2.48. The van der Waals surface area contributed by atoms with Crippen LogP contribution in [0.3, 0.4) is 0 Å². The van der Waals surface area contributed by atoms with Gasteiger partial charge < -0.3 is 9.34 Å². The molecule has 2 unspecified atom stereocenters. The first-order valence-corrected chi connectivity index (χ1v) is 13.2. The molecule has 33 heavy (non-hydrogen) atoms. The Morgan fingerprint density at radius 3 is 2.82 bits per heavy atom. The molecule has 166 valence electrons. The topological polar surface area (TPSA) is 6.48 Å². The summed E-state index contributed by atoms with van der Waals surface area (Å²) < 4.78 is 5.13. The van der Waals surface area contributed by atoms with E-state index in [1.807, 2.05) is 0 Å². The summed E-state index contributed by atoms with van der Waals surface area (Å²) in [6.45, 7) is 3.26. The molecule has 0 saturated carbocycles. The maximum absolute atomic E-state index is 2.60. The van der Waals surface area contributed by atoms with Gasteiger partial charge in [-0.3, -0.25) is 0 Å². The molecule has 3 aromatic rings. The molecule has 0 aromatic heterocycles. The highest BCUT2D eigenvalue weighted by Gasteiger charge is 2.32. The third kappa shape index (κ3) is 3.81. The van der Waals surface area contributed by atoms with Crippen LogP contribution in [0.1, 0.15) is 59.2 Å². The number of rotatable bonds is 5. The first-order chi connectivity index (χ1) is 16.3. The fourth-order valence-electron chi connectivity index (χ4n) is 5.72. The fraction of sp³-hybridized carbons (Fsp3) is 0.267. The number of aryl methyl sites for hydroxylation is 2. The first kappa shape index (κ1) is 20.8. The van der Waals surface area contributed by atoms with E-state index in [2.05, 4.69) is 101 Å². The lowest BCUT2D eigenvalue weighted by Crippen LogP contribution is -2.15. The molecule has 6 rings (SSSR count). The average Bonchev–Trinajstić information content (AvgIpc) is 3.41. The molecular weight excluding hydrogens is 419 g/mol. The van der Waals surface area contributed by atoms with Crippen LogP contribution in [0.2, 0.25) is 0 Å². The second-order valence-electron chi connectivity index (χ2n) is 9.36. The van der Waals surface area contributed by atoms with Crippen molar-refractivity contribution in [3.63, 3.8) is 0 Å². The summed E-state index contributed by atoms with van der Waals surface area (Å²) in [4.78, 5) is 0. The number of fused-ring (bicyclic) bond motifs is 4. The molecular formula is C30H31N2P. The number of hydrogen-bond acceptors (Lipinski definition) is 2. The van der Waals surface area contributed by atoms with Crippen molar-refractivity contribution in [1.29, 1.82) is 0 Å². The van der Waals surface area contributed by atoms with E-state index < -0.39 is 0 Å². The smallest absolute Gasteiger partial charge is 0.0798 e. The van der Waals surface area contributed by atoms with Gasteiger partial charge in [-0.2, -0.15) is 0 Å². The first-order valence-electron chi connectivity index (χ1n) is 12.3. The van der Waals surface area contributed by atoms with E-state index in [9.17, 15) is 0 Å². The average molecular weight is 451 g/mol. The third-order valence-corrected chi connectivity index (χ3v) is 8.56. The largest absolute Gasteiger partial charge is 0.337 e. The zero-order valence-corrected chi connectivity index (χ0v) is 20.3. The Labute approximate surface area is 199 Å². The number of nitrogens with zero attached hydrogens (tertiary/aromatic N) is 2. The molecule has 2 nitrogen and oxygen atoms in total. The molecule has 2 atom stereocenters. The van der Waals surface area contributed by atoms with Crippen molar-refractivity contribution in [3.05, 3.63) is 113 Å². The van der Waals surface area contributed by atoms with Gasteiger partial charge in [-0.15, -0.1) is 0 Å². The van der Waals surface area contributed by atoms with Crippen LogP contribution in [0.5, 0.6) is 0 Å². The Kier molecular flexibility index (Phi) is 5.56. The van der Waals surface area contributed by atoms with Crippen LogP contribution in [0.25, 0.3) is 16.8 Å². The molecule has 1 aliphatic heterocycles. The van der Waals surface area contributed by atoms with Gasteiger partial charge >= 0.3 is 0 Å². The highest BCUT2D eigenvalue weighted by atomic mass is 31.1. The van der Waals surface area contributed by atoms with Crippen LogP contribution >= 0.6 is 8.88 Å². The molecule has 3 aromatic carbocycles. The summed E-state index contributed by atoms with van der Waals surface area (Å²) in [5.74, 6) is 0. The Morgan fingerprint density at radius 2 is 1.88 bits per heavy atom. The predicted molar refractivity (Wildman–Crippen MR) is 142 cm³/mol. The van der Waals surface area contributed by atoms with Crippen molar-refractivity contribution in [2.75, 3.05) is 0 Å². The van der Waals surface area contributed by atoms with E-state index in [0.29, 0.717) is 14.9 Å². The van der Waals surface area contributed by atoms with E-state index in [0.717, 1.165) is 19.4 Å². The minimum atomic E-state index is 0.486. The third-order valence-electron chi connectivity index (χ3n) is 7.31. The lowest BCUT2D eigenvalue weighted by atomic mass is 9.94. The van der Waals surface area contributed by atoms with Crippen molar-refractivity contribution in [2.24, 2.45) is 0 Å². The Morgan fingerprint density at radius 1 is 0.970 bits per heavy atom. The van der Waals surface area contributed by atoms with Gasteiger partial charge in [-0.05, 0) is 69.8 Å². The Bertz CT molecular complexity index is 1290. The van der Waals surface area contributed by atoms with Crippen LogP contribution < -0.4 is 0 Å². The number of benzene rings is 3.